The van der Waals surface area contributed by atoms with Gasteiger partial charge in [-0.2, -0.15) is 0 Å². The molecule has 27 heavy (non-hydrogen) atoms. The van der Waals surface area contributed by atoms with Crippen molar-refractivity contribution < 1.29 is 14.0 Å². The van der Waals surface area contributed by atoms with Gasteiger partial charge in [-0.25, -0.2) is 9.18 Å². The Morgan fingerprint density at radius 3 is 2.59 bits per heavy atom. The van der Waals surface area contributed by atoms with Gasteiger partial charge in [0, 0.05) is 44.5 Å². The Balaban J connectivity index is 1.46. The molecule has 8 heteroatoms. The van der Waals surface area contributed by atoms with E-state index >= 15 is 0 Å². The number of carbonyl (C=O) groups excluding carboxylic acids is 2. The van der Waals surface area contributed by atoms with Crippen molar-refractivity contribution in [2.24, 2.45) is 0 Å². The summed E-state index contributed by atoms with van der Waals surface area (Å²) in [5, 5.41) is 2.71. The zero-order valence-electron chi connectivity index (χ0n) is 15.6. The number of carbonyl (C=O) groups is 2. The van der Waals surface area contributed by atoms with Gasteiger partial charge in [0.2, 0.25) is 5.91 Å². The second-order valence-electron chi connectivity index (χ2n) is 7.25. The molecule has 0 radical (unpaired) electrons. The summed E-state index contributed by atoms with van der Waals surface area (Å²) >= 11 is 5.65. The fourth-order valence-electron chi connectivity index (χ4n) is 3.64. The Morgan fingerprint density at radius 1 is 1.19 bits per heavy atom. The molecule has 2 heterocycles. The minimum absolute atomic E-state index is 0.0225. The van der Waals surface area contributed by atoms with Gasteiger partial charge in [0.1, 0.15) is 5.82 Å². The van der Waals surface area contributed by atoms with Crippen molar-refractivity contribution in [3.8, 4) is 0 Å². The van der Waals surface area contributed by atoms with Crippen molar-refractivity contribution in [1.82, 2.24) is 14.7 Å². The summed E-state index contributed by atoms with van der Waals surface area (Å²) in [5.74, 6) is -0.388. The van der Waals surface area contributed by atoms with E-state index < -0.39 is 5.82 Å². The second-order valence-corrected chi connectivity index (χ2v) is 7.66. The van der Waals surface area contributed by atoms with Crippen LogP contribution in [0.2, 0.25) is 5.02 Å². The van der Waals surface area contributed by atoms with Crippen molar-refractivity contribution in [3.05, 3.63) is 29.0 Å². The molecule has 0 aliphatic carbocycles. The Kier molecular flexibility index (Phi) is 6.55. The summed E-state index contributed by atoms with van der Waals surface area (Å²) in [5.41, 5.74) is 0.374. The molecule has 0 spiro atoms. The highest BCUT2D eigenvalue weighted by molar-refractivity contribution is 6.30. The van der Waals surface area contributed by atoms with Crippen molar-refractivity contribution in [2.45, 2.75) is 32.2 Å². The number of hydrogen-bond acceptors (Lipinski definition) is 3. The Hall–Kier alpha value is -1.86. The standard InChI is InChI=1S/C19H26ClFN4O2/c1-14-4-2-3-7-25(14)18(26)13-23-8-10-24(11-9-23)19(27)22-15-5-6-16(20)17(21)12-15/h5-6,12,14H,2-4,7-11,13H2,1H3,(H,22,27). The molecule has 2 saturated heterocycles. The highest BCUT2D eigenvalue weighted by atomic mass is 35.5. The van der Waals surface area contributed by atoms with Crippen LogP contribution in [0.4, 0.5) is 14.9 Å². The van der Waals surface area contributed by atoms with Gasteiger partial charge in [0.25, 0.3) is 0 Å². The number of halogens is 2. The van der Waals surface area contributed by atoms with Crippen LogP contribution >= 0.6 is 11.6 Å². The minimum Gasteiger partial charge on any atom is -0.339 e. The topological polar surface area (TPSA) is 55.9 Å². The molecule has 0 aromatic heterocycles. The monoisotopic (exact) mass is 396 g/mol. The lowest BCUT2D eigenvalue weighted by Gasteiger charge is -2.38. The number of piperazine rings is 1. The van der Waals surface area contributed by atoms with E-state index in [1.165, 1.54) is 18.6 Å². The molecule has 6 nitrogen and oxygen atoms in total. The first-order chi connectivity index (χ1) is 12.9. The zero-order chi connectivity index (χ0) is 19.4. The number of hydrogen-bond donors (Lipinski definition) is 1. The third-order valence-electron chi connectivity index (χ3n) is 5.31. The van der Waals surface area contributed by atoms with Crippen LogP contribution < -0.4 is 5.32 Å². The summed E-state index contributed by atoms with van der Waals surface area (Å²) in [6.07, 6.45) is 3.34. The number of likely N-dealkylation sites (tertiary alicyclic amines) is 1. The van der Waals surface area contributed by atoms with E-state index in [0.29, 0.717) is 44.5 Å². The summed E-state index contributed by atoms with van der Waals surface area (Å²) in [4.78, 5) is 30.6. The van der Waals surface area contributed by atoms with Gasteiger partial charge in [-0.1, -0.05) is 11.6 Å². The largest absolute Gasteiger partial charge is 0.339 e. The van der Waals surface area contributed by atoms with Gasteiger partial charge in [-0.05, 0) is 44.4 Å². The molecule has 2 aliphatic heterocycles. The molecule has 1 aromatic rings. The van der Waals surface area contributed by atoms with Crippen LogP contribution in [-0.4, -0.2) is 71.9 Å². The number of benzene rings is 1. The fourth-order valence-corrected chi connectivity index (χ4v) is 3.75. The molecule has 0 bridgehead atoms. The van der Waals surface area contributed by atoms with Gasteiger partial charge in [0.05, 0.1) is 11.6 Å². The number of nitrogens with one attached hydrogen (secondary N) is 1. The lowest BCUT2D eigenvalue weighted by atomic mass is 10.0. The lowest BCUT2D eigenvalue weighted by Crippen LogP contribution is -2.53. The molecule has 3 amide bonds. The number of anilines is 1. The Morgan fingerprint density at radius 2 is 1.93 bits per heavy atom. The quantitative estimate of drug-likeness (QED) is 0.854. The molecular weight excluding hydrogens is 371 g/mol. The summed E-state index contributed by atoms with van der Waals surface area (Å²) in [6.45, 7) is 5.73. The van der Waals surface area contributed by atoms with Crippen LogP contribution in [-0.2, 0) is 4.79 Å². The van der Waals surface area contributed by atoms with Crippen LogP contribution in [0.5, 0.6) is 0 Å². The van der Waals surface area contributed by atoms with Crippen LogP contribution in [0, 0.1) is 5.82 Å². The fraction of sp³-hybridized carbons (Fsp3) is 0.579. The molecule has 2 aliphatic rings. The third-order valence-corrected chi connectivity index (χ3v) is 5.62. The maximum atomic E-state index is 13.5. The van der Waals surface area contributed by atoms with E-state index in [1.807, 2.05) is 4.90 Å². The Labute approximate surface area is 164 Å². The zero-order valence-corrected chi connectivity index (χ0v) is 16.3. The number of rotatable bonds is 3. The first-order valence-electron chi connectivity index (χ1n) is 9.47. The predicted octanol–water partition coefficient (Wildman–Crippen LogP) is 3.03. The molecule has 1 aromatic carbocycles. The first kappa shape index (κ1) is 19.9. The normalized spacial score (nSPS) is 21.2. The van der Waals surface area contributed by atoms with Crippen molar-refractivity contribution in [2.75, 3.05) is 44.6 Å². The maximum Gasteiger partial charge on any atom is 0.321 e. The van der Waals surface area contributed by atoms with E-state index in [-0.39, 0.29) is 17.0 Å². The molecular formula is C19H26ClFN4O2. The van der Waals surface area contributed by atoms with E-state index in [9.17, 15) is 14.0 Å². The number of nitrogens with zero attached hydrogens (tertiary/aromatic N) is 3. The van der Waals surface area contributed by atoms with Crippen LogP contribution in [0.1, 0.15) is 26.2 Å². The molecule has 1 atom stereocenters. The van der Waals surface area contributed by atoms with Gasteiger partial charge >= 0.3 is 6.03 Å². The number of urea groups is 1. The van der Waals surface area contributed by atoms with E-state index in [0.717, 1.165) is 19.4 Å². The third kappa shape index (κ3) is 5.11. The number of amides is 3. The summed E-state index contributed by atoms with van der Waals surface area (Å²) in [7, 11) is 0. The Bertz CT molecular complexity index is 694. The van der Waals surface area contributed by atoms with Gasteiger partial charge in [0.15, 0.2) is 0 Å². The van der Waals surface area contributed by atoms with E-state index in [1.54, 1.807) is 11.0 Å². The number of piperidine rings is 1. The molecule has 1 unspecified atom stereocenters. The average Bonchev–Trinajstić information content (AvgIpc) is 2.65. The molecule has 2 fully saturated rings. The molecule has 0 saturated carbocycles. The molecule has 3 rings (SSSR count). The van der Waals surface area contributed by atoms with Crippen LogP contribution in [0.15, 0.2) is 18.2 Å². The van der Waals surface area contributed by atoms with E-state index in [2.05, 4.69) is 17.1 Å². The maximum absolute atomic E-state index is 13.5. The predicted molar refractivity (Wildman–Crippen MR) is 103 cm³/mol. The lowest BCUT2D eigenvalue weighted by molar-refractivity contribution is -0.136. The van der Waals surface area contributed by atoms with Gasteiger partial charge < -0.3 is 15.1 Å². The van der Waals surface area contributed by atoms with Crippen LogP contribution in [0.3, 0.4) is 0 Å². The smallest absolute Gasteiger partial charge is 0.321 e. The minimum atomic E-state index is -0.565. The van der Waals surface area contributed by atoms with E-state index in [4.69, 9.17) is 11.6 Å². The highest BCUT2D eigenvalue weighted by Gasteiger charge is 2.27. The summed E-state index contributed by atoms with van der Waals surface area (Å²) < 4.78 is 13.5. The highest BCUT2D eigenvalue weighted by Crippen LogP contribution is 2.19. The SMILES string of the molecule is CC1CCCCN1C(=O)CN1CCN(C(=O)Nc2ccc(Cl)c(F)c2)CC1. The summed E-state index contributed by atoms with van der Waals surface area (Å²) in [6, 6.07) is 4.23. The second kappa shape index (κ2) is 8.89. The first-order valence-corrected chi connectivity index (χ1v) is 9.84. The van der Waals surface area contributed by atoms with Crippen molar-refractivity contribution in [1.29, 1.82) is 0 Å². The molecule has 1 N–H and O–H groups in total. The van der Waals surface area contributed by atoms with Crippen molar-refractivity contribution >= 4 is 29.2 Å². The van der Waals surface area contributed by atoms with Crippen molar-refractivity contribution in [3.63, 3.8) is 0 Å². The average molecular weight is 397 g/mol. The van der Waals surface area contributed by atoms with Gasteiger partial charge in [-0.3, -0.25) is 9.69 Å². The van der Waals surface area contributed by atoms with Crippen LogP contribution in [0.25, 0.3) is 0 Å². The molecule has 148 valence electrons. The van der Waals surface area contributed by atoms with Gasteiger partial charge in [-0.15, -0.1) is 0 Å².